The van der Waals surface area contributed by atoms with Crippen LogP contribution in [0.4, 0.5) is 11.4 Å². The summed E-state index contributed by atoms with van der Waals surface area (Å²) in [5, 5.41) is 10.9. The Kier molecular flexibility index (Phi) is 5.64. The number of benzene rings is 2. The van der Waals surface area contributed by atoms with Crippen LogP contribution in [-0.2, 0) is 10.0 Å². The van der Waals surface area contributed by atoms with Gasteiger partial charge in [-0.1, -0.05) is 18.2 Å². The van der Waals surface area contributed by atoms with Crippen LogP contribution in [0.15, 0.2) is 53.4 Å². The third-order valence-corrected chi connectivity index (χ3v) is 6.17. The summed E-state index contributed by atoms with van der Waals surface area (Å²) in [7, 11) is -4.09. The Morgan fingerprint density at radius 1 is 1.18 bits per heavy atom. The van der Waals surface area contributed by atoms with Gasteiger partial charge in [-0.15, -0.1) is 0 Å². The standard InChI is InChI=1S/C19H21N3O5S/c1-14-7-4-5-12-21(14)19(23)17-10-2-3-11-18(17)20-28(26,27)16-9-6-8-15(13-16)22(24)25/h2-3,6,8-11,13-14,20H,4-5,7,12H2,1H3/t14-/m1/s1. The van der Waals surface area contributed by atoms with Crippen LogP contribution in [0, 0.1) is 10.1 Å². The van der Waals surface area contributed by atoms with E-state index in [0.29, 0.717) is 6.54 Å². The molecule has 0 aliphatic carbocycles. The Hall–Kier alpha value is -2.94. The van der Waals surface area contributed by atoms with Gasteiger partial charge in [0.05, 0.1) is 21.1 Å². The molecule has 1 saturated heterocycles. The summed E-state index contributed by atoms with van der Waals surface area (Å²) in [5.41, 5.74) is 0.0800. The zero-order chi connectivity index (χ0) is 20.3. The van der Waals surface area contributed by atoms with Gasteiger partial charge < -0.3 is 4.90 Å². The Morgan fingerprint density at radius 3 is 2.64 bits per heavy atom. The molecule has 0 bridgehead atoms. The summed E-state index contributed by atoms with van der Waals surface area (Å²) < 4.78 is 27.9. The van der Waals surface area contributed by atoms with Gasteiger partial charge >= 0.3 is 0 Å². The Morgan fingerprint density at radius 2 is 1.93 bits per heavy atom. The third kappa shape index (κ3) is 4.14. The van der Waals surface area contributed by atoms with Gasteiger partial charge in [-0.25, -0.2) is 8.42 Å². The number of hydrogen-bond donors (Lipinski definition) is 1. The molecule has 1 amide bonds. The second kappa shape index (κ2) is 7.97. The number of likely N-dealkylation sites (tertiary alicyclic amines) is 1. The molecule has 28 heavy (non-hydrogen) atoms. The molecule has 3 rings (SSSR count). The highest BCUT2D eigenvalue weighted by atomic mass is 32.2. The molecule has 1 N–H and O–H groups in total. The third-order valence-electron chi connectivity index (χ3n) is 4.80. The van der Waals surface area contributed by atoms with Crippen molar-refractivity contribution in [1.82, 2.24) is 4.90 Å². The average Bonchev–Trinajstić information content (AvgIpc) is 2.68. The number of non-ortho nitro benzene ring substituents is 1. The van der Waals surface area contributed by atoms with Gasteiger partial charge in [-0.3, -0.25) is 19.6 Å². The number of nitrogens with zero attached hydrogens (tertiary/aromatic N) is 2. The van der Waals surface area contributed by atoms with Crippen molar-refractivity contribution in [2.45, 2.75) is 37.1 Å². The molecule has 0 saturated carbocycles. The molecule has 2 aromatic rings. The normalized spacial score (nSPS) is 17.2. The van der Waals surface area contributed by atoms with E-state index in [1.807, 2.05) is 6.92 Å². The highest BCUT2D eigenvalue weighted by molar-refractivity contribution is 7.92. The van der Waals surface area contributed by atoms with Crippen molar-refractivity contribution in [1.29, 1.82) is 0 Å². The molecule has 148 valence electrons. The Balaban J connectivity index is 1.92. The first kappa shape index (κ1) is 19.8. The highest BCUT2D eigenvalue weighted by Crippen LogP contribution is 2.26. The predicted octanol–water partition coefficient (Wildman–Crippen LogP) is 3.41. The number of rotatable bonds is 5. The number of sulfonamides is 1. The van der Waals surface area contributed by atoms with Gasteiger partial charge in [0.2, 0.25) is 0 Å². The van der Waals surface area contributed by atoms with Crippen molar-refractivity contribution in [3.8, 4) is 0 Å². The average molecular weight is 403 g/mol. The van der Waals surface area contributed by atoms with Gasteiger partial charge in [0.1, 0.15) is 0 Å². The Labute approximate surface area is 163 Å². The molecule has 0 aromatic heterocycles. The minimum absolute atomic E-state index is 0.0858. The van der Waals surface area contributed by atoms with Gasteiger partial charge in [-0.2, -0.15) is 0 Å². The number of carbonyl (C=O) groups excluding carboxylic acids is 1. The van der Waals surface area contributed by atoms with Crippen LogP contribution in [0.2, 0.25) is 0 Å². The molecular formula is C19H21N3O5S. The summed E-state index contributed by atoms with van der Waals surface area (Å²) in [4.78, 5) is 24.8. The van der Waals surface area contributed by atoms with E-state index in [-0.39, 0.29) is 33.8 Å². The largest absolute Gasteiger partial charge is 0.336 e. The summed E-state index contributed by atoms with van der Waals surface area (Å²) in [6.07, 6.45) is 2.89. The first-order chi connectivity index (χ1) is 13.3. The Bertz CT molecular complexity index is 1010. The maximum atomic E-state index is 13.0. The van der Waals surface area contributed by atoms with E-state index in [2.05, 4.69) is 4.72 Å². The van der Waals surface area contributed by atoms with Gasteiger partial charge in [0, 0.05) is 24.7 Å². The molecule has 9 heteroatoms. The maximum absolute atomic E-state index is 13.0. The minimum atomic E-state index is -4.09. The fourth-order valence-electron chi connectivity index (χ4n) is 3.28. The van der Waals surface area contributed by atoms with Gasteiger partial charge in [-0.05, 0) is 44.4 Å². The van der Waals surface area contributed by atoms with E-state index >= 15 is 0 Å². The number of hydrogen-bond acceptors (Lipinski definition) is 5. The molecule has 0 unspecified atom stereocenters. The number of anilines is 1. The molecule has 1 heterocycles. The van der Waals surface area contributed by atoms with Crippen molar-refractivity contribution >= 4 is 27.3 Å². The smallest absolute Gasteiger partial charge is 0.270 e. The molecular weight excluding hydrogens is 382 g/mol. The molecule has 1 aliphatic heterocycles. The molecule has 0 radical (unpaired) electrons. The molecule has 0 spiro atoms. The van der Waals surface area contributed by atoms with Gasteiger partial charge in [0.15, 0.2) is 0 Å². The number of carbonyl (C=O) groups is 1. The lowest BCUT2D eigenvalue weighted by molar-refractivity contribution is -0.385. The van der Waals surface area contributed by atoms with Crippen molar-refractivity contribution in [2.75, 3.05) is 11.3 Å². The predicted molar refractivity (Wildman–Crippen MR) is 105 cm³/mol. The van der Waals surface area contributed by atoms with Crippen molar-refractivity contribution in [2.24, 2.45) is 0 Å². The van der Waals surface area contributed by atoms with Gasteiger partial charge in [0.25, 0.3) is 21.6 Å². The number of nitrogens with one attached hydrogen (secondary N) is 1. The number of nitro benzene ring substituents is 1. The van der Waals surface area contributed by atoms with E-state index in [1.165, 1.54) is 24.3 Å². The first-order valence-electron chi connectivity index (χ1n) is 8.97. The quantitative estimate of drug-likeness (QED) is 0.608. The van der Waals surface area contributed by atoms with E-state index in [4.69, 9.17) is 0 Å². The van der Waals surface area contributed by atoms with Crippen LogP contribution >= 0.6 is 0 Å². The zero-order valence-corrected chi connectivity index (χ0v) is 16.2. The van der Waals surface area contributed by atoms with Crippen LogP contribution in [0.3, 0.4) is 0 Å². The maximum Gasteiger partial charge on any atom is 0.270 e. The van der Waals surface area contributed by atoms with Crippen LogP contribution in [0.5, 0.6) is 0 Å². The second-order valence-electron chi connectivity index (χ2n) is 6.75. The molecule has 1 atom stereocenters. The lowest BCUT2D eigenvalue weighted by atomic mass is 10.0. The second-order valence-corrected chi connectivity index (χ2v) is 8.43. The van der Waals surface area contributed by atoms with Crippen LogP contribution in [0.25, 0.3) is 0 Å². The topological polar surface area (TPSA) is 110 Å². The van der Waals surface area contributed by atoms with E-state index in [9.17, 15) is 23.3 Å². The minimum Gasteiger partial charge on any atom is -0.336 e. The van der Waals surface area contributed by atoms with E-state index in [0.717, 1.165) is 25.3 Å². The number of nitro groups is 1. The van der Waals surface area contributed by atoms with E-state index in [1.54, 1.807) is 23.1 Å². The lowest BCUT2D eigenvalue weighted by Crippen LogP contribution is -2.42. The molecule has 1 aliphatic rings. The number of amides is 1. The fourth-order valence-corrected chi connectivity index (χ4v) is 4.40. The lowest BCUT2D eigenvalue weighted by Gasteiger charge is -2.34. The number of piperidine rings is 1. The van der Waals surface area contributed by atoms with Crippen LogP contribution in [0.1, 0.15) is 36.5 Å². The summed E-state index contributed by atoms with van der Waals surface area (Å²) in [6, 6.07) is 11.3. The summed E-state index contributed by atoms with van der Waals surface area (Å²) in [5.74, 6) is -0.232. The molecule has 8 nitrogen and oxygen atoms in total. The van der Waals surface area contributed by atoms with Crippen molar-refractivity contribution < 1.29 is 18.1 Å². The van der Waals surface area contributed by atoms with E-state index < -0.39 is 14.9 Å². The van der Waals surface area contributed by atoms with Crippen LogP contribution in [-0.4, -0.2) is 36.7 Å². The summed E-state index contributed by atoms with van der Waals surface area (Å²) in [6.45, 7) is 2.61. The monoisotopic (exact) mass is 403 g/mol. The first-order valence-corrected chi connectivity index (χ1v) is 10.4. The molecule has 1 fully saturated rings. The highest BCUT2D eigenvalue weighted by Gasteiger charge is 2.27. The summed E-state index contributed by atoms with van der Waals surface area (Å²) >= 11 is 0. The molecule has 2 aromatic carbocycles. The van der Waals surface area contributed by atoms with Crippen molar-refractivity contribution in [3.05, 3.63) is 64.2 Å². The fraction of sp³-hybridized carbons (Fsp3) is 0.316. The SMILES string of the molecule is C[C@@H]1CCCCN1C(=O)c1ccccc1NS(=O)(=O)c1cccc([N+](=O)[O-])c1. The van der Waals surface area contributed by atoms with Crippen LogP contribution < -0.4 is 4.72 Å². The number of para-hydroxylation sites is 1. The van der Waals surface area contributed by atoms with Crippen molar-refractivity contribution in [3.63, 3.8) is 0 Å². The zero-order valence-electron chi connectivity index (χ0n) is 15.4.